The Balaban J connectivity index is 0.910. The molecule has 302 valence electrons. The number of ether oxygens (including phenoxy) is 6. The summed E-state index contributed by atoms with van der Waals surface area (Å²) in [5, 5.41) is 73.1. The molecule has 53 heavy (non-hydrogen) atoms. The lowest BCUT2D eigenvalue weighted by atomic mass is 9.47. The van der Waals surface area contributed by atoms with Crippen LogP contribution in [0.5, 0.6) is 0 Å². The summed E-state index contributed by atoms with van der Waals surface area (Å²) in [4.78, 5) is 0. The van der Waals surface area contributed by atoms with Crippen LogP contribution in [0.4, 0.5) is 0 Å². The van der Waals surface area contributed by atoms with E-state index in [9.17, 15) is 35.7 Å². The van der Waals surface area contributed by atoms with Crippen molar-refractivity contribution in [3.05, 3.63) is 11.6 Å². The van der Waals surface area contributed by atoms with Gasteiger partial charge in [-0.3, -0.25) is 0 Å². The smallest absolute Gasteiger partial charge is 0.187 e. The molecule has 13 heteroatoms. The molecule has 4 saturated heterocycles. The third-order valence-corrected chi connectivity index (χ3v) is 16.1. The van der Waals surface area contributed by atoms with Gasteiger partial charge in [0.15, 0.2) is 18.4 Å². The first kappa shape index (κ1) is 39.1. The second-order valence-electron chi connectivity index (χ2n) is 19.1. The molecule has 4 heterocycles. The molecule has 8 aliphatic rings. The monoisotopic (exact) mass is 752 g/mol. The molecule has 7 N–H and O–H groups in total. The lowest BCUT2D eigenvalue weighted by Crippen LogP contribution is -2.64. The van der Waals surface area contributed by atoms with Crippen molar-refractivity contribution >= 4 is 0 Å². The van der Waals surface area contributed by atoms with Crippen molar-refractivity contribution in [2.24, 2.45) is 45.8 Å². The van der Waals surface area contributed by atoms with E-state index < -0.39 is 73.8 Å². The fourth-order valence-corrected chi connectivity index (χ4v) is 12.7. The van der Waals surface area contributed by atoms with E-state index in [-0.39, 0.29) is 35.1 Å². The van der Waals surface area contributed by atoms with Gasteiger partial charge in [-0.2, -0.15) is 0 Å². The minimum Gasteiger partial charge on any atom is -0.396 e. The molecule has 0 aromatic rings. The minimum absolute atomic E-state index is 0.0466. The Morgan fingerprint density at radius 2 is 1.55 bits per heavy atom. The summed E-state index contributed by atoms with van der Waals surface area (Å²) in [7, 11) is 0. The van der Waals surface area contributed by atoms with Crippen molar-refractivity contribution in [2.75, 3.05) is 19.8 Å². The molecular formula is C40H64O13. The van der Waals surface area contributed by atoms with Crippen LogP contribution in [0.25, 0.3) is 0 Å². The number of hydrogen-bond donors (Lipinski definition) is 7. The quantitative estimate of drug-likeness (QED) is 0.194. The van der Waals surface area contributed by atoms with Crippen LogP contribution in [0.15, 0.2) is 11.6 Å². The summed E-state index contributed by atoms with van der Waals surface area (Å²) in [5.74, 6) is 1.97. The van der Waals surface area contributed by atoms with Gasteiger partial charge in [0.05, 0.1) is 38.1 Å². The van der Waals surface area contributed by atoms with Gasteiger partial charge in [0.2, 0.25) is 0 Å². The van der Waals surface area contributed by atoms with Gasteiger partial charge in [0.1, 0.15) is 42.7 Å². The summed E-state index contributed by atoms with van der Waals surface area (Å²) < 4.78 is 37.2. The van der Waals surface area contributed by atoms with E-state index in [0.717, 1.165) is 38.5 Å². The summed E-state index contributed by atoms with van der Waals surface area (Å²) in [6.45, 7) is 11.0. The van der Waals surface area contributed by atoms with Gasteiger partial charge in [-0.25, -0.2) is 0 Å². The molecule has 0 radical (unpaired) electrons. The minimum atomic E-state index is -1.62. The molecule has 0 unspecified atom stereocenters. The predicted octanol–water partition coefficient (Wildman–Crippen LogP) is 1.75. The molecule has 0 aromatic heterocycles. The van der Waals surface area contributed by atoms with E-state index in [1.807, 2.05) is 0 Å². The highest BCUT2D eigenvalue weighted by Gasteiger charge is 2.69. The highest BCUT2D eigenvalue weighted by atomic mass is 16.7. The second kappa shape index (κ2) is 14.0. The van der Waals surface area contributed by atoms with Gasteiger partial charge in [0.25, 0.3) is 0 Å². The van der Waals surface area contributed by atoms with E-state index in [2.05, 4.69) is 33.8 Å². The number of fused-ring (bicyclic) bond motifs is 7. The van der Waals surface area contributed by atoms with Crippen LogP contribution in [0, 0.1) is 45.8 Å². The zero-order chi connectivity index (χ0) is 37.8. The van der Waals surface area contributed by atoms with Crippen LogP contribution in [0.3, 0.4) is 0 Å². The molecule has 13 nitrogen and oxygen atoms in total. The highest BCUT2D eigenvalue weighted by molar-refractivity contribution is 5.26. The fraction of sp³-hybridized carbons (Fsp3) is 0.950. The van der Waals surface area contributed by atoms with Gasteiger partial charge >= 0.3 is 0 Å². The van der Waals surface area contributed by atoms with Crippen molar-refractivity contribution in [1.82, 2.24) is 0 Å². The Morgan fingerprint density at radius 1 is 0.811 bits per heavy atom. The zero-order valence-corrected chi connectivity index (χ0v) is 32.0. The third kappa shape index (κ3) is 6.13. The first-order chi connectivity index (χ1) is 25.1. The van der Waals surface area contributed by atoms with E-state index in [1.165, 1.54) is 25.3 Å². The zero-order valence-electron chi connectivity index (χ0n) is 32.0. The van der Waals surface area contributed by atoms with Crippen molar-refractivity contribution < 1.29 is 64.2 Å². The first-order valence-corrected chi connectivity index (χ1v) is 20.3. The molecule has 4 aliphatic carbocycles. The number of rotatable bonds is 6. The van der Waals surface area contributed by atoms with Gasteiger partial charge in [0, 0.05) is 17.8 Å². The normalized spacial score (nSPS) is 58.0. The van der Waals surface area contributed by atoms with Crippen LogP contribution in [-0.4, -0.2) is 135 Å². The summed E-state index contributed by atoms with van der Waals surface area (Å²) in [6, 6.07) is 0. The Labute approximate surface area is 312 Å². The third-order valence-electron chi connectivity index (χ3n) is 16.1. The maximum Gasteiger partial charge on any atom is 0.187 e. The van der Waals surface area contributed by atoms with Crippen LogP contribution in [-0.2, 0) is 28.4 Å². The van der Waals surface area contributed by atoms with Crippen LogP contribution >= 0.6 is 0 Å². The van der Waals surface area contributed by atoms with Crippen molar-refractivity contribution in [2.45, 2.75) is 172 Å². The van der Waals surface area contributed by atoms with Crippen LogP contribution in [0.1, 0.15) is 92.4 Å². The van der Waals surface area contributed by atoms with E-state index in [0.29, 0.717) is 42.6 Å². The molecule has 4 aliphatic heterocycles. The van der Waals surface area contributed by atoms with Crippen molar-refractivity contribution in [1.29, 1.82) is 0 Å². The molecule has 0 aromatic carbocycles. The molecule has 7 fully saturated rings. The molecule has 8 rings (SSSR count). The molecule has 0 amide bonds. The van der Waals surface area contributed by atoms with Gasteiger partial charge in [-0.15, -0.1) is 0 Å². The van der Waals surface area contributed by atoms with Crippen LogP contribution < -0.4 is 0 Å². The Hall–Kier alpha value is -0.780. The average molecular weight is 753 g/mol. The average Bonchev–Trinajstić information content (AvgIpc) is 3.59. The summed E-state index contributed by atoms with van der Waals surface area (Å²) >= 11 is 0. The van der Waals surface area contributed by atoms with Gasteiger partial charge in [-0.05, 0) is 92.8 Å². The number of aliphatic hydroxyl groups is 7. The van der Waals surface area contributed by atoms with Crippen LogP contribution in [0.2, 0.25) is 0 Å². The topological polar surface area (TPSA) is 197 Å². The van der Waals surface area contributed by atoms with Crippen molar-refractivity contribution in [3.63, 3.8) is 0 Å². The largest absolute Gasteiger partial charge is 0.396 e. The molecular weight excluding hydrogens is 688 g/mol. The maximum absolute atomic E-state index is 11.1. The first-order valence-electron chi connectivity index (χ1n) is 20.3. The van der Waals surface area contributed by atoms with Gasteiger partial charge < -0.3 is 64.2 Å². The predicted molar refractivity (Wildman–Crippen MR) is 188 cm³/mol. The van der Waals surface area contributed by atoms with Crippen molar-refractivity contribution in [3.8, 4) is 0 Å². The van der Waals surface area contributed by atoms with E-state index in [1.54, 1.807) is 0 Å². The van der Waals surface area contributed by atoms with Gasteiger partial charge in [-0.1, -0.05) is 39.3 Å². The Morgan fingerprint density at radius 3 is 2.25 bits per heavy atom. The number of aliphatic hydroxyl groups excluding tert-OH is 7. The summed E-state index contributed by atoms with van der Waals surface area (Å²) in [6.07, 6.45) is -2.40. The highest BCUT2D eigenvalue weighted by Crippen LogP contribution is 2.71. The lowest BCUT2D eigenvalue weighted by molar-refractivity contribution is -0.360. The molecule has 1 spiro atoms. The van der Waals surface area contributed by atoms with E-state index >= 15 is 0 Å². The number of allylic oxidation sites excluding steroid dienone is 1. The fourth-order valence-electron chi connectivity index (χ4n) is 12.7. The lowest BCUT2D eigenvalue weighted by Gasteiger charge is -2.59. The molecule has 0 bridgehead atoms. The molecule has 21 atom stereocenters. The SMILES string of the molecule is C[C@@H]1O[C@@H](O[C@H]2[C@H](O)[C@@H](O)[C@H](O[C@H]3CC[C@@]4(C)C(=CC[C@H]5[C@@H]6C[C@@H]7O[C@]8(CC[C@@](C)(CO)CO8)[C@@H](C)[C@@H]7[C@@]6(C)CC[C@@H]54)C3)O[C@@H]2CO)[C@H](O)[C@H](O)[C@H]1O. The second-order valence-corrected chi connectivity index (χ2v) is 19.1. The number of hydrogen-bond acceptors (Lipinski definition) is 13. The summed E-state index contributed by atoms with van der Waals surface area (Å²) in [5.41, 5.74) is 1.44. The Kier molecular flexibility index (Phi) is 10.3. The standard InChI is InChI=1S/C40H64O13/c1-19-28-26(53-40(19)13-12-37(3,17-42)18-48-40)15-25-23-7-6-21-14-22(8-10-38(21,4)24(23)9-11-39(25,28)5)50-36-33(47)31(45)34(27(16-41)51-36)52-35-32(46)30(44)29(43)20(2)49-35/h6,19-20,22-36,41-47H,7-18H2,1-5H3/t19-,20-,22-,23+,24-,25-,26-,27+,28-,29-,30+,31+,32+,33+,34+,35-,36+,37-,38-,39-,40+/m0/s1. The maximum atomic E-state index is 11.1. The van der Waals surface area contributed by atoms with E-state index in [4.69, 9.17) is 28.4 Å². The molecule has 3 saturated carbocycles. The Bertz CT molecular complexity index is 1370.